The molecule has 0 N–H and O–H groups in total. The van der Waals surface area contributed by atoms with Gasteiger partial charge in [0.05, 0.1) is 13.2 Å². The van der Waals surface area contributed by atoms with Crippen molar-refractivity contribution in [2.75, 3.05) is 6.61 Å². The zero-order valence-corrected chi connectivity index (χ0v) is 13.1. The van der Waals surface area contributed by atoms with Crippen LogP contribution in [0.2, 0.25) is 25.7 Å². The van der Waals surface area contributed by atoms with E-state index in [4.69, 9.17) is 4.74 Å². The second-order valence-electron chi connectivity index (χ2n) is 6.17. The van der Waals surface area contributed by atoms with Crippen molar-refractivity contribution >= 4 is 8.07 Å². The van der Waals surface area contributed by atoms with Crippen LogP contribution in [0, 0.1) is 5.92 Å². The van der Waals surface area contributed by atoms with Gasteiger partial charge < -0.3 is 4.74 Å². The lowest BCUT2D eigenvalue weighted by Gasteiger charge is -2.13. The highest BCUT2D eigenvalue weighted by atomic mass is 28.3. The smallest absolute Gasteiger partial charge is 0.0717 e. The maximum Gasteiger partial charge on any atom is 0.0717 e. The van der Waals surface area contributed by atoms with Crippen LogP contribution in [-0.2, 0) is 11.3 Å². The Kier molecular flexibility index (Phi) is 6.37. The highest BCUT2D eigenvalue weighted by molar-refractivity contribution is 6.76. The molecule has 0 saturated heterocycles. The van der Waals surface area contributed by atoms with Crippen LogP contribution in [0.4, 0.5) is 0 Å². The molecule has 2 heteroatoms. The van der Waals surface area contributed by atoms with E-state index in [0.717, 1.165) is 6.61 Å². The average molecular weight is 262 g/mol. The molecule has 0 fully saturated rings. The molecule has 0 aliphatic heterocycles. The Labute approximate surface area is 113 Å². The second kappa shape index (κ2) is 7.55. The third kappa shape index (κ3) is 7.46. The third-order valence-corrected chi connectivity index (χ3v) is 4.15. The van der Waals surface area contributed by atoms with Crippen molar-refractivity contribution in [1.82, 2.24) is 0 Å². The van der Waals surface area contributed by atoms with Crippen molar-refractivity contribution < 1.29 is 4.74 Å². The number of hydrogen-bond acceptors (Lipinski definition) is 1. The van der Waals surface area contributed by atoms with E-state index in [0.29, 0.717) is 12.5 Å². The van der Waals surface area contributed by atoms with Gasteiger partial charge in [-0.1, -0.05) is 69.0 Å². The molecule has 0 amide bonds. The van der Waals surface area contributed by atoms with E-state index in [1.54, 1.807) is 0 Å². The van der Waals surface area contributed by atoms with E-state index in [1.807, 2.05) is 6.07 Å². The molecule has 0 unspecified atom stereocenters. The molecule has 0 spiro atoms. The van der Waals surface area contributed by atoms with Gasteiger partial charge in [0.15, 0.2) is 0 Å². The lowest BCUT2D eigenvalue weighted by atomic mass is 10.2. The summed E-state index contributed by atoms with van der Waals surface area (Å²) >= 11 is 0. The molecule has 1 nitrogen and oxygen atoms in total. The van der Waals surface area contributed by atoms with Gasteiger partial charge >= 0.3 is 0 Å². The van der Waals surface area contributed by atoms with Gasteiger partial charge in [0.25, 0.3) is 0 Å². The molecule has 1 rings (SSSR count). The van der Waals surface area contributed by atoms with E-state index in [1.165, 1.54) is 11.6 Å². The van der Waals surface area contributed by atoms with Crippen molar-refractivity contribution in [3.8, 4) is 0 Å². The minimum atomic E-state index is -0.936. The summed E-state index contributed by atoms with van der Waals surface area (Å²) in [5.74, 6) is 0.505. The minimum Gasteiger partial charge on any atom is -0.376 e. The number of benzene rings is 1. The maximum atomic E-state index is 5.72. The Hall–Kier alpha value is -0.863. The monoisotopic (exact) mass is 262 g/mol. The highest BCUT2D eigenvalue weighted by Crippen LogP contribution is 2.10. The van der Waals surface area contributed by atoms with Gasteiger partial charge in [-0.3, -0.25) is 0 Å². The first-order chi connectivity index (χ1) is 8.47. The molecular formula is C16H26OSi. The van der Waals surface area contributed by atoms with Crippen molar-refractivity contribution in [1.29, 1.82) is 0 Å². The first kappa shape index (κ1) is 15.2. The molecule has 1 atom stereocenters. The SMILES string of the molecule is C[C@H](/C=C/C[Si](C)(C)C)COCc1ccccc1. The van der Waals surface area contributed by atoms with Crippen molar-refractivity contribution in [2.24, 2.45) is 5.92 Å². The average Bonchev–Trinajstić information content (AvgIpc) is 2.28. The maximum absolute atomic E-state index is 5.72. The molecule has 0 aliphatic rings. The Morgan fingerprint density at radius 2 is 1.83 bits per heavy atom. The van der Waals surface area contributed by atoms with Crippen molar-refractivity contribution in [3.05, 3.63) is 48.0 Å². The van der Waals surface area contributed by atoms with E-state index >= 15 is 0 Å². The molecule has 0 aromatic heterocycles. The predicted octanol–water partition coefficient (Wildman–Crippen LogP) is 4.73. The van der Waals surface area contributed by atoms with E-state index in [9.17, 15) is 0 Å². The standard InChI is InChI=1S/C16H26OSi/c1-15(9-8-12-18(2,3)4)13-17-14-16-10-6-5-7-11-16/h5-11,15H,12-14H2,1-4H3/b9-8+/t15-/m1/s1. The zero-order valence-electron chi connectivity index (χ0n) is 12.1. The molecule has 0 heterocycles. The largest absolute Gasteiger partial charge is 0.376 e. The summed E-state index contributed by atoms with van der Waals surface area (Å²) in [6.07, 6.45) is 4.63. The Morgan fingerprint density at radius 3 is 2.44 bits per heavy atom. The highest BCUT2D eigenvalue weighted by Gasteiger charge is 2.09. The molecule has 18 heavy (non-hydrogen) atoms. The number of hydrogen-bond donors (Lipinski definition) is 0. The van der Waals surface area contributed by atoms with Crippen molar-refractivity contribution in [2.45, 2.75) is 39.2 Å². The van der Waals surface area contributed by atoms with Gasteiger partial charge in [0.2, 0.25) is 0 Å². The van der Waals surface area contributed by atoms with Gasteiger partial charge in [-0.25, -0.2) is 0 Å². The van der Waals surface area contributed by atoms with E-state index in [2.05, 4.69) is 63.0 Å². The molecule has 1 aromatic rings. The summed E-state index contributed by atoms with van der Waals surface area (Å²) in [5, 5.41) is 0. The van der Waals surface area contributed by atoms with E-state index < -0.39 is 8.07 Å². The molecule has 0 saturated carbocycles. The van der Waals surface area contributed by atoms with Crippen molar-refractivity contribution in [3.63, 3.8) is 0 Å². The fraction of sp³-hybridized carbons (Fsp3) is 0.500. The molecular weight excluding hydrogens is 236 g/mol. The summed E-state index contributed by atoms with van der Waals surface area (Å²) in [4.78, 5) is 0. The van der Waals surface area contributed by atoms with E-state index in [-0.39, 0.29) is 0 Å². The summed E-state index contributed by atoms with van der Waals surface area (Å²) in [6, 6.07) is 11.6. The Bertz CT molecular complexity index is 351. The summed E-state index contributed by atoms with van der Waals surface area (Å²) in [5.41, 5.74) is 1.25. The Balaban J connectivity index is 2.19. The number of ether oxygens (including phenoxy) is 1. The van der Waals surface area contributed by atoms with Crippen LogP contribution in [0.1, 0.15) is 12.5 Å². The second-order valence-corrected chi connectivity index (χ2v) is 11.7. The zero-order chi connectivity index (χ0) is 13.4. The minimum absolute atomic E-state index is 0.505. The van der Waals surface area contributed by atoms with Crippen LogP contribution in [-0.4, -0.2) is 14.7 Å². The van der Waals surface area contributed by atoms with Gasteiger partial charge in [-0.2, -0.15) is 0 Å². The molecule has 100 valence electrons. The number of allylic oxidation sites excluding steroid dienone is 1. The first-order valence-corrected chi connectivity index (χ1v) is 10.5. The summed E-state index contributed by atoms with van der Waals surface area (Å²) in [6.45, 7) is 10.9. The molecule has 0 aliphatic carbocycles. The van der Waals surface area contributed by atoms with Gasteiger partial charge in [-0.15, -0.1) is 0 Å². The summed E-state index contributed by atoms with van der Waals surface area (Å²) < 4.78 is 5.72. The fourth-order valence-electron chi connectivity index (χ4n) is 1.65. The van der Waals surface area contributed by atoms with Crippen LogP contribution in [0.15, 0.2) is 42.5 Å². The lowest BCUT2D eigenvalue weighted by Crippen LogP contribution is -2.17. The van der Waals surface area contributed by atoms with Crippen LogP contribution in [0.25, 0.3) is 0 Å². The molecule has 0 bridgehead atoms. The first-order valence-electron chi connectivity index (χ1n) is 6.76. The molecule has 1 aromatic carbocycles. The summed E-state index contributed by atoms with van der Waals surface area (Å²) in [7, 11) is -0.936. The van der Waals surface area contributed by atoms with Gasteiger partial charge in [0, 0.05) is 8.07 Å². The van der Waals surface area contributed by atoms with Crippen LogP contribution in [0.5, 0.6) is 0 Å². The quantitative estimate of drug-likeness (QED) is 0.510. The van der Waals surface area contributed by atoms with Gasteiger partial charge in [0.1, 0.15) is 0 Å². The fourth-order valence-corrected chi connectivity index (χ4v) is 2.49. The van der Waals surface area contributed by atoms with Crippen LogP contribution in [0.3, 0.4) is 0 Å². The number of rotatable bonds is 7. The molecule has 0 radical (unpaired) electrons. The van der Waals surface area contributed by atoms with Crippen LogP contribution >= 0.6 is 0 Å². The lowest BCUT2D eigenvalue weighted by molar-refractivity contribution is 0.104. The van der Waals surface area contributed by atoms with Crippen LogP contribution < -0.4 is 0 Å². The third-order valence-electron chi connectivity index (χ3n) is 2.69. The Morgan fingerprint density at radius 1 is 1.17 bits per heavy atom. The normalized spacial score (nSPS) is 14.0. The topological polar surface area (TPSA) is 9.23 Å². The van der Waals surface area contributed by atoms with Gasteiger partial charge in [-0.05, 0) is 17.5 Å². The predicted molar refractivity (Wildman–Crippen MR) is 82.6 cm³/mol.